The third kappa shape index (κ3) is 3.14. The molecule has 4 nitrogen and oxygen atoms in total. The smallest absolute Gasteiger partial charge is 0.130 e. The maximum Gasteiger partial charge on any atom is 0.130 e. The summed E-state index contributed by atoms with van der Waals surface area (Å²) in [7, 11) is 1.63. The molecule has 0 aromatic heterocycles. The summed E-state index contributed by atoms with van der Waals surface area (Å²) in [6, 6.07) is 4.16. The molecule has 0 saturated heterocycles. The van der Waals surface area contributed by atoms with Gasteiger partial charge in [-0.25, -0.2) is 0 Å². The van der Waals surface area contributed by atoms with Gasteiger partial charge in [0.2, 0.25) is 0 Å². The first-order valence-corrected chi connectivity index (χ1v) is 7.06. The Morgan fingerprint density at radius 1 is 1.15 bits per heavy atom. The van der Waals surface area contributed by atoms with E-state index in [0.717, 1.165) is 16.9 Å². The molecule has 1 saturated carbocycles. The van der Waals surface area contributed by atoms with Crippen LogP contribution in [0.5, 0.6) is 5.75 Å². The van der Waals surface area contributed by atoms with Crippen molar-refractivity contribution < 1.29 is 19.3 Å². The van der Waals surface area contributed by atoms with Gasteiger partial charge in [0.15, 0.2) is 0 Å². The van der Waals surface area contributed by atoms with Crippen LogP contribution < -0.4 is 4.74 Å². The van der Waals surface area contributed by atoms with Gasteiger partial charge in [0.05, 0.1) is 19.3 Å². The van der Waals surface area contributed by atoms with Crippen molar-refractivity contribution >= 4 is 0 Å². The minimum absolute atomic E-state index is 0.0824. The monoisotopic (exact) mass is 280 g/mol. The molecule has 1 aliphatic carbocycles. The molecule has 3 atom stereocenters. The highest BCUT2D eigenvalue weighted by atomic mass is 16.6. The van der Waals surface area contributed by atoms with E-state index in [-0.39, 0.29) is 12.2 Å². The number of hydrogen-bond acceptors (Lipinski definition) is 4. The van der Waals surface area contributed by atoms with Crippen molar-refractivity contribution in [3.05, 3.63) is 28.8 Å². The first-order valence-electron chi connectivity index (χ1n) is 7.06. The Morgan fingerprint density at radius 3 is 2.50 bits per heavy atom. The third-order valence-electron chi connectivity index (χ3n) is 3.96. The van der Waals surface area contributed by atoms with Crippen molar-refractivity contribution in [3.8, 4) is 5.75 Å². The van der Waals surface area contributed by atoms with Crippen molar-refractivity contribution in [2.75, 3.05) is 20.3 Å². The van der Waals surface area contributed by atoms with E-state index in [2.05, 4.69) is 26.0 Å². The Balaban J connectivity index is 2.01. The van der Waals surface area contributed by atoms with Gasteiger partial charge in [-0.1, -0.05) is 12.1 Å². The molecule has 112 valence electrons. The summed E-state index contributed by atoms with van der Waals surface area (Å²) in [6.45, 7) is 7.18. The number of methoxy groups -OCH3 is 1. The zero-order valence-electron chi connectivity index (χ0n) is 12.7. The molecule has 1 aromatic rings. The van der Waals surface area contributed by atoms with Crippen LogP contribution in [-0.2, 0) is 9.47 Å². The summed E-state index contributed by atoms with van der Waals surface area (Å²) in [5, 5.41) is 9.80. The van der Waals surface area contributed by atoms with Crippen molar-refractivity contribution in [3.63, 3.8) is 0 Å². The fraction of sp³-hybridized carbons (Fsp3) is 0.625. The number of aryl methyl sites for hydroxylation is 2. The molecule has 1 aromatic carbocycles. The van der Waals surface area contributed by atoms with Crippen LogP contribution in [0.4, 0.5) is 0 Å². The molecular formula is C16H24O4. The minimum Gasteiger partial charge on any atom is -0.487 e. The fourth-order valence-corrected chi connectivity index (χ4v) is 2.42. The average Bonchev–Trinajstić information content (AvgIpc) is 2.42. The van der Waals surface area contributed by atoms with Gasteiger partial charge in [-0.05, 0) is 37.5 Å². The van der Waals surface area contributed by atoms with Gasteiger partial charge in [-0.15, -0.1) is 0 Å². The Bertz CT molecular complexity index is 458. The van der Waals surface area contributed by atoms with E-state index < -0.39 is 6.10 Å². The highest BCUT2D eigenvalue weighted by Gasteiger charge is 2.43. The molecule has 3 unspecified atom stereocenters. The molecule has 2 rings (SSSR count). The number of benzene rings is 1. The summed E-state index contributed by atoms with van der Waals surface area (Å²) in [4.78, 5) is 0. The summed E-state index contributed by atoms with van der Waals surface area (Å²) >= 11 is 0. The predicted molar refractivity (Wildman–Crippen MR) is 77.3 cm³/mol. The fourth-order valence-electron chi connectivity index (χ4n) is 2.42. The molecule has 1 N–H and O–H groups in total. The zero-order chi connectivity index (χ0) is 14.7. The normalized spacial score (nSPS) is 25.4. The maximum absolute atomic E-state index is 9.80. The van der Waals surface area contributed by atoms with Gasteiger partial charge in [0, 0.05) is 13.5 Å². The Hall–Kier alpha value is -1.10. The van der Waals surface area contributed by atoms with Crippen molar-refractivity contribution in [2.24, 2.45) is 0 Å². The van der Waals surface area contributed by atoms with Crippen LogP contribution in [0.2, 0.25) is 0 Å². The SMILES string of the molecule is COCCOC1C(O)CC1Oc1c(C)ccc(C)c1C. The van der Waals surface area contributed by atoms with E-state index in [4.69, 9.17) is 14.2 Å². The van der Waals surface area contributed by atoms with E-state index in [9.17, 15) is 5.11 Å². The van der Waals surface area contributed by atoms with Crippen LogP contribution in [0.15, 0.2) is 12.1 Å². The lowest BCUT2D eigenvalue weighted by molar-refractivity contribution is -0.167. The molecule has 0 bridgehead atoms. The van der Waals surface area contributed by atoms with Crippen LogP contribution in [-0.4, -0.2) is 43.7 Å². The summed E-state index contributed by atoms with van der Waals surface area (Å²) in [5.74, 6) is 0.919. The topological polar surface area (TPSA) is 47.9 Å². The van der Waals surface area contributed by atoms with Crippen LogP contribution in [0, 0.1) is 20.8 Å². The summed E-state index contributed by atoms with van der Waals surface area (Å²) in [5.41, 5.74) is 3.48. The molecule has 0 amide bonds. The van der Waals surface area contributed by atoms with Gasteiger partial charge < -0.3 is 19.3 Å². The first-order chi connectivity index (χ1) is 9.54. The number of ether oxygens (including phenoxy) is 3. The van der Waals surface area contributed by atoms with E-state index >= 15 is 0 Å². The lowest BCUT2D eigenvalue weighted by atomic mass is 9.87. The minimum atomic E-state index is -0.442. The number of hydrogen-bond donors (Lipinski definition) is 1. The standard InChI is InChI=1S/C16H24O4/c1-10-5-6-11(2)15(12(10)3)20-14-9-13(17)16(14)19-8-7-18-4/h5-6,13-14,16-17H,7-9H2,1-4H3. The number of aliphatic hydroxyl groups is 1. The molecular weight excluding hydrogens is 256 g/mol. The predicted octanol–water partition coefficient (Wildman–Crippen LogP) is 2.16. The summed E-state index contributed by atoms with van der Waals surface area (Å²) < 4.78 is 16.7. The van der Waals surface area contributed by atoms with Gasteiger partial charge >= 0.3 is 0 Å². The number of aliphatic hydroxyl groups excluding tert-OH is 1. The highest BCUT2D eigenvalue weighted by Crippen LogP contribution is 2.33. The molecule has 0 aliphatic heterocycles. The largest absolute Gasteiger partial charge is 0.487 e. The molecule has 1 aliphatic rings. The van der Waals surface area contributed by atoms with E-state index in [1.54, 1.807) is 7.11 Å². The van der Waals surface area contributed by atoms with Crippen LogP contribution in [0.1, 0.15) is 23.1 Å². The second-order valence-corrected chi connectivity index (χ2v) is 5.44. The van der Waals surface area contributed by atoms with Crippen molar-refractivity contribution in [1.82, 2.24) is 0 Å². The van der Waals surface area contributed by atoms with Crippen LogP contribution in [0.3, 0.4) is 0 Å². The van der Waals surface area contributed by atoms with Gasteiger partial charge in [-0.2, -0.15) is 0 Å². The van der Waals surface area contributed by atoms with E-state index in [0.29, 0.717) is 19.6 Å². The quantitative estimate of drug-likeness (QED) is 0.811. The second-order valence-electron chi connectivity index (χ2n) is 5.44. The third-order valence-corrected chi connectivity index (χ3v) is 3.96. The molecule has 0 spiro atoms. The van der Waals surface area contributed by atoms with E-state index in [1.807, 2.05) is 6.92 Å². The molecule has 0 radical (unpaired) electrons. The molecule has 4 heteroatoms. The maximum atomic E-state index is 9.80. The lowest BCUT2D eigenvalue weighted by Gasteiger charge is -2.41. The van der Waals surface area contributed by atoms with Gasteiger partial charge in [0.25, 0.3) is 0 Å². The van der Waals surface area contributed by atoms with Crippen LogP contribution in [0.25, 0.3) is 0 Å². The number of rotatable bonds is 6. The Kier molecular flexibility index (Phi) is 5.02. The van der Waals surface area contributed by atoms with Crippen LogP contribution >= 0.6 is 0 Å². The average molecular weight is 280 g/mol. The highest BCUT2D eigenvalue weighted by molar-refractivity contribution is 5.44. The first kappa shape index (κ1) is 15.3. The van der Waals surface area contributed by atoms with Crippen molar-refractivity contribution in [2.45, 2.75) is 45.5 Å². The molecule has 1 fully saturated rings. The van der Waals surface area contributed by atoms with Crippen molar-refractivity contribution in [1.29, 1.82) is 0 Å². The Morgan fingerprint density at radius 2 is 1.85 bits per heavy atom. The lowest BCUT2D eigenvalue weighted by Crippen LogP contribution is -2.55. The van der Waals surface area contributed by atoms with Gasteiger partial charge in [0.1, 0.15) is 18.0 Å². The van der Waals surface area contributed by atoms with E-state index in [1.165, 1.54) is 5.56 Å². The van der Waals surface area contributed by atoms with Gasteiger partial charge in [-0.3, -0.25) is 0 Å². The Labute approximate surface area is 120 Å². The summed E-state index contributed by atoms with van der Waals surface area (Å²) in [6.07, 6.45) is -0.169. The second kappa shape index (κ2) is 6.57. The molecule has 0 heterocycles. The molecule has 20 heavy (non-hydrogen) atoms. The zero-order valence-corrected chi connectivity index (χ0v) is 12.7.